The molecule has 0 bridgehead atoms. The molecule has 2 aromatic rings. The SMILES string of the molecule is Cc1cc(OC(=O)OC(C)(C)C)ccc1OC(CCI)c1ccccc1. The van der Waals surface area contributed by atoms with Crippen LogP contribution in [0.2, 0.25) is 0 Å². The second-order valence-electron chi connectivity index (χ2n) is 6.99. The van der Waals surface area contributed by atoms with Crippen LogP contribution >= 0.6 is 22.6 Å². The smallest absolute Gasteiger partial charge is 0.485 e. The highest BCUT2D eigenvalue weighted by Crippen LogP contribution is 2.30. The molecule has 0 aliphatic carbocycles. The molecule has 4 nitrogen and oxygen atoms in total. The van der Waals surface area contributed by atoms with E-state index in [0.717, 1.165) is 27.7 Å². The minimum Gasteiger partial charge on any atom is -0.485 e. The number of aryl methyl sites for hydroxylation is 1. The van der Waals surface area contributed by atoms with Gasteiger partial charge in [-0.05, 0) is 63.4 Å². The molecule has 0 radical (unpaired) electrons. The van der Waals surface area contributed by atoms with E-state index in [-0.39, 0.29) is 6.10 Å². The minimum absolute atomic E-state index is 0.00979. The fraction of sp³-hybridized carbons (Fsp3) is 0.381. The molecule has 0 heterocycles. The van der Waals surface area contributed by atoms with Crippen LogP contribution in [0.3, 0.4) is 0 Å². The molecule has 1 unspecified atom stereocenters. The summed E-state index contributed by atoms with van der Waals surface area (Å²) < 4.78 is 17.7. The van der Waals surface area contributed by atoms with Gasteiger partial charge in [0.05, 0.1) is 0 Å². The molecule has 2 aromatic carbocycles. The topological polar surface area (TPSA) is 44.8 Å². The molecule has 5 heteroatoms. The summed E-state index contributed by atoms with van der Waals surface area (Å²) in [5.41, 5.74) is 1.47. The summed E-state index contributed by atoms with van der Waals surface area (Å²) in [6.07, 6.45) is 0.197. The molecular formula is C21H25IO4. The normalized spacial score (nSPS) is 12.3. The van der Waals surface area contributed by atoms with E-state index in [2.05, 4.69) is 34.7 Å². The van der Waals surface area contributed by atoms with Crippen molar-refractivity contribution in [2.24, 2.45) is 0 Å². The maximum Gasteiger partial charge on any atom is 0.514 e. The lowest BCUT2D eigenvalue weighted by molar-refractivity contribution is 0.0206. The van der Waals surface area contributed by atoms with Crippen molar-refractivity contribution in [3.05, 3.63) is 59.7 Å². The average molecular weight is 468 g/mol. The number of carbonyl (C=O) groups excluding carboxylic acids is 1. The van der Waals surface area contributed by atoms with E-state index in [1.54, 1.807) is 32.9 Å². The Labute approximate surface area is 169 Å². The molecule has 1 atom stereocenters. The first kappa shape index (κ1) is 20.6. The van der Waals surface area contributed by atoms with Crippen LogP contribution in [0.15, 0.2) is 48.5 Å². The molecule has 0 saturated heterocycles. The predicted octanol–water partition coefficient (Wildman–Crippen LogP) is 6.25. The highest BCUT2D eigenvalue weighted by atomic mass is 127. The lowest BCUT2D eigenvalue weighted by Gasteiger charge is -2.21. The summed E-state index contributed by atoms with van der Waals surface area (Å²) in [6.45, 7) is 7.33. The summed E-state index contributed by atoms with van der Waals surface area (Å²) in [6, 6.07) is 15.5. The monoisotopic (exact) mass is 468 g/mol. The van der Waals surface area contributed by atoms with Crippen molar-refractivity contribution in [3.63, 3.8) is 0 Å². The molecule has 0 aliphatic rings. The van der Waals surface area contributed by atoms with Crippen molar-refractivity contribution in [1.82, 2.24) is 0 Å². The Kier molecular flexibility index (Phi) is 7.32. The van der Waals surface area contributed by atoms with Crippen molar-refractivity contribution in [3.8, 4) is 11.5 Å². The quantitative estimate of drug-likeness (QED) is 0.218. The number of rotatable bonds is 6. The van der Waals surface area contributed by atoms with Crippen molar-refractivity contribution < 1.29 is 19.0 Å². The first-order chi connectivity index (χ1) is 12.3. The Balaban J connectivity index is 2.09. The Morgan fingerprint density at radius 3 is 2.38 bits per heavy atom. The maximum absolute atomic E-state index is 11.8. The van der Waals surface area contributed by atoms with Crippen LogP contribution in [0.25, 0.3) is 0 Å². The van der Waals surface area contributed by atoms with Gasteiger partial charge in [0.15, 0.2) is 0 Å². The van der Waals surface area contributed by atoms with E-state index in [1.807, 2.05) is 31.2 Å². The van der Waals surface area contributed by atoms with E-state index in [1.165, 1.54) is 0 Å². The Hall–Kier alpha value is -1.76. The summed E-state index contributed by atoms with van der Waals surface area (Å²) >= 11 is 2.36. The third-order valence-corrected chi connectivity index (χ3v) is 4.17. The Bertz CT molecular complexity index is 723. The van der Waals surface area contributed by atoms with Crippen molar-refractivity contribution in [2.75, 3.05) is 4.43 Å². The highest BCUT2D eigenvalue weighted by Gasteiger charge is 2.19. The first-order valence-electron chi connectivity index (χ1n) is 8.57. The van der Waals surface area contributed by atoms with Crippen LogP contribution in [0, 0.1) is 6.92 Å². The number of ether oxygens (including phenoxy) is 3. The van der Waals surface area contributed by atoms with Crippen LogP contribution in [0.4, 0.5) is 4.79 Å². The number of hydrogen-bond donors (Lipinski definition) is 0. The second kappa shape index (κ2) is 9.26. The number of halogens is 1. The zero-order valence-electron chi connectivity index (χ0n) is 15.6. The lowest BCUT2D eigenvalue weighted by Crippen LogP contribution is -2.26. The summed E-state index contributed by atoms with van der Waals surface area (Å²) in [4.78, 5) is 11.8. The van der Waals surface area contributed by atoms with Crippen LogP contribution in [-0.4, -0.2) is 16.2 Å². The van der Waals surface area contributed by atoms with Gasteiger partial charge in [-0.2, -0.15) is 0 Å². The maximum atomic E-state index is 11.8. The molecule has 0 saturated carbocycles. The fourth-order valence-electron chi connectivity index (χ4n) is 2.40. The molecule has 0 aliphatic heterocycles. The Morgan fingerprint density at radius 2 is 1.81 bits per heavy atom. The first-order valence-corrected chi connectivity index (χ1v) is 10.1. The number of hydrogen-bond acceptors (Lipinski definition) is 4. The summed E-state index contributed by atoms with van der Waals surface area (Å²) in [5, 5.41) is 0. The number of carbonyl (C=O) groups is 1. The molecule has 0 aromatic heterocycles. The standard InChI is InChI=1S/C21H25IO4/c1-15-14-17(24-20(23)26-21(2,3)4)10-11-18(15)25-19(12-13-22)16-8-6-5-7-9-16/h5-11,14,19H,12-13H2,1-4H3. The van der Waals surface area contributed by atoms with Gasteiger partial charge in [0, 0.05) is 4.43 Å². The lowest BCUT2D eigenvalue weighted by atomic mass is 10.1. The van der Waals surface area contributed by atoms with Gasteiger partial charge in [-0.25, -0.2) is 4.79 Å². The molecule has 0 fully saturated rings. The van der Waals surface area contributed by atoms with Crippen LogP contribution in [0.5, 0.6) is 11.5 Å². The highest BCUT2D eigenvalue weighted by molar-refractivity contribution is 14.1. The van der Waals surface area contributed by atoms with Crippen LogP contribution in [-0.2, 0) is 4.74 Å². The third kappa shape index (κ3) is 6.52. The average Bonchev–Trinajstić information content (AvgIpc) is 2.55. The van der Waals surface area contributed by atoms with Gasteiger partial charge in [0.2, 0.25) is 0 Å². The minimum atomic E-state index is -0.711. The van der Waals surface area contributed by atoms with Gasteiger partial charge in [0.1, 0.15) is 23.2 Å². The second-order valence-corrected chi connectivity index (χ2v) is 8.07. The van der Waals surface area contributed by atoms with Crippen molar-refractivity contribution in [1.29, 1.82) is 0 Å². The number of benzene rings is 2. The van der Waals surface area contributed by atoms with Crippen molar-refractivity contribution >= 4 is 28.7 Å². The molecule has 0 spiro atoms. The van der Waals surface area contributed by atoms with Gasteiger partial charge in [-0.15, -0.1) is 0 Å². The van der Waals surface area contributed by atoms with Gasteiger partial charge >= 0.3 is 6.16 Å². The van der Waals surface area contributed by atoms with Gasteiger partial charge in [-0.1, -0.05) is 52.9 Å². The van der Waals surface area contributed by atoms with Gasteiger partial charge in [0.25, 0.3) is 0 Å². The molecular weight excluding hydrogens is 443 g/mol. The van der Waals surface area contributed by atoms with E-state index < -0.39 is 11.8 Å². The summed E-state index contributed by atoms with van der Waals surface area (Å²) in [7, 11) is 0. The fourth-order valence-corrected chi connectivity index (χ4v) is 2.96. The van der Waals surface area contributed by atoms with Crippen LogP contribution < -0.4 is 9.47 Å². The van der Waals surface area contributed by atoms with Crippen molar-refractivity contribution in [2.45, 2.75) is 45.8 Å². The molecule has 26 heavy (non-hydrogen) atoms. The zero-order chi connectivity index (χ0) is 19.2. The van der Waals surface area contributed by atoms with E-state index in [9.17, 15) is 4.79 Å². The predicted molar refractivity (Wildman–Crippen MR) is 111 cm³/mol. The van der Waals surface area contributed by atoms with E-state index in [4.69, 9.17) is 14.2 Å². The number of alkyl halides is 1. The largest absolute Gasteiger partial charge is 0.514 e. The van der Waals surface area contributed by atoms with E-state index in [0.29, 0.717) is 5.75 Å². The molecule has 2 rings (SSSR count). The molecule has 0 N–H and O–H groups in total. The molecule has 0 amide bonds. The van der Waals surface area contributed by atoms with Gasteiger partial charge < -0.3 is 14.2 Å². The van der Waals surface area contributed by atoms with Gasteiger partial charge in [-0.3, -0.25) is 0 Å². The Morgan fingerprint density at radius 1 is 1.12 bits per heavy atom. The third-order valence-electron chi connectivity index (χ3n) is 3.55. The molecule has 140 valence electrons. The van der Waals surface area contributed by atoms with E-state index >= 15 is 0 Å². The summed E-state index contributed by atoms with van der Waals surface area (Å²) in [5.74, 6) is 1.22. The van der Waals surface area contributed by atoms with Crippen LogP contribution in [0.1, 0.15) is 44.4 Å². The zero-order valence-corrected chi connectivity index (χ0v) is 17.8.